The van der Waals surface area contributed by atoms with Crippen LogP contribution >= 0.6 is 11.3 Å². The number of rotatable bonds is 7. The fraction of sp³-hybridized carbons (Fsp3) is 0. The zero-order valence-electron chi connectivity index (χ0n) is 12.6. The monoisotopic (exact) mass is 399 g/mol. The molecule has 0 bridgehead atoms. The number of aromatic nitrogens is 1. The predicted molar refractivity (Wildman–Crippen MR) is 88.9 cm³/mol. The summed E-state index contributed by atoms with van der Waals surface area (Å²) in [6.45, 7) is 0. The van der Waals surface area contributed by atoms with E-state index in [-0.39, 0.29) is 15.7 Å². The SMILES string of the molecule is Nc1sc(C=O)nc1C(=COS(=O)(=O)c1ccccc1[N+](=O)[O-])C(=O)O. The number of benzene rings is 1. The number of carbonyl (C=O) groups excluding carboxylic acids is 1. The van der Waals surface area contributed by atoms with Crippen molar-refractivity contribution in [3.8, 4) is 0 Å². The summed E-state index contributed by atoms with van der Waals surface area (Å²) in [6, 6.07) is 4.38. The van der Waals surface area contributed by atoms with Gasteiger partial charge in [-0.15, -0.1) is 0 Å². The largest absolute Gasteiger partial charge is 0.477 e. The Hall–Kier alpha value is -3.32. The topological polar surface area (TPSA) is 180 Å². The number of para-hydroxylation sites is 1. The molecule has 0 saturated heterocycles. The third kappa shape index (κ3) is 3.84. The van der Waals surface area contributed by atoms with Crippen LogP contribution in [0.5, 0.6) is 0 Å². The van der Waals surface area contributed by atoms with E-state index in [4.69, 9.17) is 5.73 Å². The molecule has 0 aliphatic carbocycles. The summed E-state index contributed by atoms with van der Waals surface area (Å²) in [5.41, 5.74) is 3.73. The average Bonchev–Trinajstić information content (AvgIpc) is 2.95. The number of carbonyl (C=O) groups is 2. The van der Waals surface area contributed by atoms with E-state index in [0.717, 1.165) is 12.1 Å². The molecule has 0 amide bonds. The van der Waals surface area contributed by atoms with Gasteiger partial charge < -0.3 is 15.0 Å². The molecule has 13 heteroatoms. The highest BCUT2D eigenvalue weighted by atomic mass is 32.2. The molecule has 2 rings (SSSR count). The van der Waals surface area contributed by atoms with Gasteiger partial charge in [0.25, 0.3) is 5.69 Å². The van der Waals surface area contributed by atoms with E-state index in [9.17, 15) is 33.2 Å². The van der Waals surface area contributed by atoms with E-state index in [1.807, 2.05) is 0 Å². The van der Waals surface area contributed by atoms with E-state index in [1.165, 1.54) is 12.1 Å². The van der Waals surface area contributed by atoms with Crippen LogP contribution in [-0.2, 0) is 19.1 Å². The highest BCUT2D eigenvalue weighted by Gasteiger charge is 2.27. The summed E-state index contributed by atoms with van der Waals surface area (Å²) in [6.07, 6.45) is 0.684. The van der Waals surface area contributed by atoms with Crippen LogP contribution in [-0.4, -0.2) is 35.7 Å². The number of thiazole rings is 1. The van der Waals surface area contributed by atoms with Gasteiger partial charge >= 0.3 is 16.1 Å². The zero-order chi connectivity index (χ0) is 19.5. The molecule has 1 aromatic carbocycles. The predicted octanol–water partition coefficient (Wildman–Crippen LogP) is 1.28. The Morgan fingerprint density at radius 1 is 1.38 bits per heavy atom. The number of nitrogens with zero attached hydrogens (tertiary/aromatic N) is 2. The number of hydrogen-bond donors (Lipinski definition) is 2. The lowest BCUT2D eigenvalue weighted by atomic mass is 10.2. The summed E-state index contributed by atoms with van der Waals surface area (Å²) >= 11 is 0.696. The third-order valence-electron chi connectivity index (χ3n) is 2.88. The molecule has 0 aliphatic rings. The molecule has 0 radical (unpaired) electrons. The second-order valence-electron chi connectivity index (χ2n) is 4.49. The first kappa shape index (κ1) is 19.0. The number of carboxylic acid groups (broad SMARTS) is 1. The Kier molecular flexibility index (Phi) is 5.33. The van der Waals surface area contributed by atoms with Crippen LogP contribution in [0, 0.1) is 10.1 Å². The number of hydrogen-bond acceptors (Lipinski definition) is 10. The molecule has 0 saturated carbocycles. The van der Waals surface area contributed by atoms with Crippen LogP contribution in [0.25, 0.3) is 5.57 Å². The zero-order valence-corrected chi connectivity index (χ0v) is 14.2. The van der Waals surface area contributed by atoms with Crippen molar-refractivity contribution in [3.63, 3.8) is 0 Å². The van der Waals surface area contributed by atoms with Crippen molar-refractivity contribution in [3.05, 3.63) is 51.3 Å². The Bertz CT molecular complexity index is 1030. The van der Waals surface area contributed by atoms with Gasteiger partial charge in [-0.2, -0.15) is 8.42 Å². The molecular formula is C13H9N3O8S2. The number of anilines is 1. The molecule has 0 unspecified atom stereocenters. The van der Waals surface area contributed by atoms with Gasteiger partial charge in [-0.3, -0.25) is 14.9 Å². The maximum Gasteiger partial charge on any atom is 0.345 e. The lowest BCUT2D eigenvalue weighted by Gasteiger charge is -2.05. The van der Waals surface area contributed by atoms with Crippen LogP contribution < -0.4 is 5.73 Å². The first-order valence-electron chi connectivity index (χ1n) is 6.49. The van der Waals surface area contributed by atoms with Gasteiger partial charge in [0.1, 0.15) is 22.5 Å². The molecule has 0 aliphatic heterocycles. The van der Waals surface area contributed by atoms with Crippen molar-refractivity contribution in [2.75, 3.05) is 5.73 Å². The quantitative estimate of drug-likeness (QED) is 0.172. The molecule has 0 fully saturated rings. The summed E-state index contributed by atoms with van der Waals surface area (Å²) < 4.78 is 28.9. The fourth-order valence-electron chi connectivity index (χ4n) is 1.78. The standard InChI is InChI=1S/C13H9N3O8S2/c14-12-11(15-10(5-17)25-12)7(13(18)19)6-24-26(22,23)9-4-2-1-3-8(9)16(20)21/h1-6H,14H2,(H,18,19). The lowest BCUT2D eigenvalue weighted by molar-refractivity contribution is -0.387. The van der Waals surface area contributed by atoms with Gasteiger partial charge in [-0.25, -0.2) is 9.78 Å². The second-order valence-corrected chi connectivity index (χ2v) is 7.10. The number of nitro groups is 1. The Labute approximate surface area is 149 Å². The van der Waals surface area contributed by atoms with Crippen LogP contribution in [0.4, 0.5) is 10.7 Å². The first-order valence-corrected chi connectivity index (χ1v) is 8.72. The van der Waals surface area contributed by atoms with Crippen molar-refractivity contribution in [2.45, 2.75) is 4.90 Å². The summed E-state index contributed by atoms with van der Waals surface area (Å²) in [5.74, 6) is -1.63. The van der Waals surface area contributed by atoms with Crippen molar-refractivity contribution in [1.82, 2.24) is 4.98 Å². The molecule has 0 atom stereocenters. The van der Waals surface area contributed by atoms with E-state index in [1.54, 1.807) is 0 Å². The molecule has 2 aromatic rings. The van der Waals surface area contributed by atoms with Gasteiger partial charge in [-0.1, -0.05) is 23.5 Å². The first-order chi connectivity index (χ1) is 12.2. The van der Waals surface area contributed by atoms with E-state index >= 15 is 0 Å². The summed E-state index contributed by atoms with van der Waals surface area (Å²) in [4.78, 5) is 35.0. The Morgan fingerprint density at radius 3 is 2.58 bits per heavy atom. The van der Waals surface area contributed by atoms with Crippen molar-refractivity contribution >= 4 is 50.0 Å². The lowest BCUT2D eigenvalue weighted by Crippen LogP contribution is -2.09. The second kappa shape index (κ2) is 7.28. The minimum atomic E-state index is -4.70. The number of nitrogen functional groups attached to an aromatic ring is 1. The van der Waals surface area contributed by atoms with Crippen LogP contribution in [0.2, 0.25) is 0 Å². The van der Waals surface area contributed by atoms with Gasteiger partial charge in [0.2, 0.25) is 0 Å². The van der Waals surface area contributed by atoms with Gasteiger partial charge in [-0.05, 0) is 6.07 Å². The minimum absolute atomic E-state index is 0.119. The van der Waals surface area contributed by atoms with Crippen molar-refractivity contribution in [1.29, 1.82) is 0 Å². The molecule has 26 heavy (non-hydrogen) atoms. The molecule has 0 spiro atoms. The molecular weight excluding hydrogens is 390 g/mol. The van der Waals surface area contributed by atoms with E-state index in [0.29, 0.717) is 23.9 Å². The van der Waals surface area contributed by atoms with Crippen LogP contribution in [0.3, 0.4) is 0 Å². The van der Waals surface area contributed by atoms with Crippen molar-refractivity contribution < 1.29 is 32.2 Å². The number of carboxylic acids is 1. The smallest absolute Gasteiger partial charge is 0.345 e. The van der Waals surface area contributed by atoms with Gasteiger partial charge in [0, 0.05) is 6.07 Å². The maximum absolute atomic E-state index is 12.2. The molecule has 11 nitrogen and oxygen atoms in total. The highest BCUT2D eigenvalue weighted by molar-refractivity contribution is 7.87. The Balaban J connectivity index is 2.47. The summed E-state index contributed by atoms with van der Waals surface area (Å²) in [5, 5.41) is 19.9. The van der Waals surface area contributed by atoms with Crippen LogP contribution in [0.15, 0.2) is 35.4 Å². The molecule has 1 heterocycles. The molecule has 1 aromatic heterocycles. The number of aldehydes is 1. The molecule has 136 valence electrons. The van der Waals surface area contributed by atoms with Crippen molar-refractivity contribution in [2.24, 2.45) is 0 Å². The fourth-order valence-corrected chi connectivity index (χ4v) is 3.42. The summed E-state index contributed by atoms with van der Waals surface area (Å²) in [7, 11) is -4.70. The van der Waals surface area contributed by atoms with Gasteiger partial charge in [0.15, 0.2) is 16.2 Å². The molecule has 3 N–H and O–H groups in total. The average molecular weight is 399 g/mol. The van der Waals surface area contributed by atoms with E-state index < -0.39 is 37.2 Å². The highest BCUT2D eigenvalue weighted by Crippen LogP contribution is 2.29. The number of nitro benzene ring substituents is 1. The van der Waals surface area contributed by atoms with E-state index in [2.05, 4.69) is 9.17 Å². The maximum atomic E-state index is 12.2. The third-order valence-corrected chi connectivity index (χ3v) is 4.92. The number of aliphatic carboxylic acids is 1. The van der Waals surface area contributed by atoms with Gasteiger partial charge in [0.05, 0.1) is 4.92 Å². The Morgan fingerprint density at radius 2 is 2.04 bits per heavy atom. The minimum Gasteiger partial charge on any atom is -0.477 e. The normalized spacial score (nSPS) is 11.8. The van der Waals surface area contributed by atoms with Crippen LogP contribution in [0.1, 0.15) is 15.5 Å². The number of nitrogens with two attached hydrogens (primary N) is 1.